The third kappa shape index (κ3) is 9.15. The van der Waals surface area contributed by atoms with Crippen LogP contribution >= 0.6 is 35.0 Å². The molecule has 3 atom stereocenters. The van der Waals surface area contributed by atoms with Gasteiger partial charge >= 0.3 is 7.12 Å². The number of amides is 1. The molecule has 0 saturated carbocycles. The molecule has 2 rings (SSSR count). The van der Waals surface area contributed by atoms with Gasteiger partial charge in [0.05, 0.1) is 16.6 Å². The fraction of sp³-hybridized carbons (Fsp3) is 0.609. The van der Waals surface area contributed by atoms with E-state index in [1.54, 1.807) is 12.1 Å². The zero-order chi connectivity index (χ0) is 24.5. The van der Waals surface area contributed by atoms with Gasteiger partial charge in [0.25, 0.3) is 11.9 Å². The highest BCUT2D eigenvalue weighted by atomic mass is 35.5. The van der Waals surface area contributed by atoms with Gasteiger partial charge in [0.15, 0.2) is 5.78 Å². The minimum absolute atomic E-state index is 0.0699. The molecule has 1 amide bonds. The van der Waals surface area contributed by atoms with Crippen molar-refractivity contribution in [1.82, 2.24) is 5.32 Å². The van der Waals surface area contributed by atoms with Gasteiger partial charge in [0.2, 0.25) is 0 Å². The molecule has 1 fully saturated rings. The lowest BCUT2D eigenvalue weighted by atomic mass is 9.64. The molecular formula is C23H32BCl2NO5S. The van der Waals surface area contributed by atoms with Crippen molar-refractivity contribution in [3.63, 3.8) is 0 Å². The molecule has 1 saturated heterocycles. The van der Waals surface area contributed by atoms with Gasteiger partial charge in [-0.1, -0.05) is 37.0 Å². The van der Waals surface area contributed by atoms with E-state index in [1.165, 1.54) is 17.8 Å². The van der Waals surface area contributed by atoms with Crippen LogP contribution in [0.1, 0.15) is 63.2 Å². The number of carbonyl (C=O) groups excluding carboxylic acids is 3. The number of hydrogen-bond acceptors (Lipinski definition) is 6. The number of carbonyl (C=O) groups is 3. The Morgan fingerprint density at radius 2 is 2.03 bits per heavy atom. The smallest absolute Gasteiger partial charge is 0.509 e. The zero-order valence-electron chi connectivity index (χ0n) is 19.6. The summed E-state index contributed by atoms with van der Waals surface area (Å²) in [7, 11) is -0.785. The maximum Gasteiger partial charge on any atom is 0.531 e. The number of benzene rings is 1. The number of Topliss-reactive ketones (excluding diaryl/α,β-unsaturated/α-hetero) is 1. The molecule has 1 heterocycles. The standard InChI is InChI=1S/C23H32BCl2NO5S/c1-14(2)10-16(24-31-15(3)6-5-7-22(29)32-24)11-21(28)20(13-33-4)27-23(30)18-12-17(25)8-9-19(18)26/h8-9,12,14-16,20H,5-7,10-11,13H2,1-4H3,(H,27,30)/t15?,16-,20+/m1/s1. The minimum Gasteiger partial charge on any atom is -0.509 e. The summed E-state index contributed by atoms with van der Waals surface area (Å²) in [6.45, 7) is 6.05. The van der Waals surface area contributed by atoms with Gasteiger partial charge in [-0.05, 0) is 56.6 Å². The Labute approximate surface area is 211 Å². The van der Waals surface area contributed by atoms with Gasteiger partial charge < -0.3 is 14.6 Å². The summed E-state index contributed by atoms with van der Waals surface area (Å²) in [5, 5.41) is 3.44. The Bertz CT molecular complexity index is 841. The Hall–Kier alpha value is -1.22. The first-order valence-corrected chi connectivity index (χ1v) is 13.4. The Balaban J connectivity index is 2.18. The Morgan fingerprint density at radius 1 is 1.30 bits per heavy atom. The van der Waals surface area contributed by atoms with Crippen molar-refractivity contribution in [3.8, 4) is 0 Å². The molecule has 1 aromatic rings. The van der Waals surface area contributed by atoms with E-state index >= 15 is 0 Å². The maximum atomic E-state index is 13.3. The van der Waals surface area contributed by atoms with Crippen LogP contribution in [0.4, 0.5) is 0 Å². The maximum absolute atomic E-state index is 13.3. The Morgan fingerprint density at radius 3 is 2.70 bits per heavy atom. The van der Waals surface area contributed by atoms with E-state index in [4.69, 9.17) is 32.5 Å². The normalized spacial score (nSPS) is 18.8. The van der Waals surface area contributed by atoms with Crippen molar-refractivity contribution in [3.05, 3.63) is 33.8 Å². The molecule has 182 valence electrons. The number of halogens is 2. The van der Waals surface area contributed by atoms with Crippen LogP contribution in [0.25, 0.3) is 0 Å². The summed E-state index contributed by atoms with van der Waals surface area (Å²) >= 11 is 13.6. The first-order valence-electron chi connectivity index (χ1n) is 11.2. The van der Waals surface area contributed by atoms with Crippen molar-refractivity contribution < 1.29 is 23.7 Å². The monoisotopic (exact) mass is 515 g/mol. The van der Waals surface area contributed by atoms with E-state index in [0.29, 0.717) is 30.0 Å². The number of rotatable bonds is 10. The molecule has 0 radical (unpaired) electrons. The van der Waals surface area contributed by atoms with E-state index < -0.39 is 19.1 Å². The molecule has 1 N–H and O–H groups in total. The second kappa shape index (κ2) is 13.6. The number of ketones is 1. The first kappa shape index (κ1) is 28.0. The molecule has 0 spiro atoms. The molecule has 1 aliphatic heterocycles. The summed E-state index contributed by atoms with van der Waals surface area (Å²) in [4.78, 5) is 38.3. The highest BCUT2D eigenvalue weighted by molar-refractivity contribution is 7.98. The van der Waals surface area contributed by atoms with E-state index in [9.17, 15) is 14.4 Å². The van der Waals surface area contributed by atoms with Crippen LogP contribution in [0, 0.1) is 5.92 Å². The van der Waals surface area contributed by atoms with Crippen molar-refractivity contribution in [2.75, 3.05) is 12.0 Å². The molecule has 0 bridgehead atoms. The summed E-state index contributed by atoms with van der Waals surface area (Å²) in [6.07, 6.45) is 4.39. The molecule has 1 aliphatic rings. The minimum atomic E-state index is -0.785. The van der Waals surface area contributed by atoms with Crippen LogP contribution in [0.3, 0.4) is 0 Å². The summed E-state index contributed by atoms with van der Waals surface area (Å²) in [6, 6.07) is 3.90. The second-order valence-corrected chi connectivity index (χ2v) is 10.6. The molecule has 10 heteroatoms. The average Bonchev–Trinajstić information content (AvgIpc) is 2.72. The van der Waals surface area contributed by atoms with Crippen LogP contribution in [-0.2, 0) is 18.9 Å². The third-order valence-electron chi connectivity index (χ3n) is 5.43. The van der Waals surface area contributed by atoms with Gasteiger partial charge in [-0.2, -0.15) is 11.8 Å². The van der Waals surface area contributed by atoms with Crippen molar-refractivity contribution in [2.24, 2.45) is 5.92 Å². The molecule has 1 unspecified atom stereocenters. The molecule has 0 aromatic heterocycles. The van der Waals surface area contributed by atoms with E-state index in [-0.39, 0.29) is 46.6 Å². The zero-order valence-corrected chi connectivity index (χ0v) is 21.9. The van der Waals surface area contributed by atoms with Gasteiger partial charge in [0, 0.05) is 35.5 Å². The largest absolute Gasteiger partial charge is 0.531 e. The van der Waals surface area contributed by atoms with Gasteiger partial charge in [-0.15, -0.1) is 0 Å². The van der Waals surface area contributed by atoms with Gasteiger partial charge in [-0.3, -0.25) is 14.4 Å². The van der Waals surface area contributed by atoms with Crippen molar-refractivity contribution in [2.45, 2.75) is 70.8 Å². The van der Waals surface area contributed by atoms with E-state index in [2.05, 4.69) is 5.32 Å². The quantitative estimate of drug-likeness (QED) is 0.417. The number of thioether (sulfide) groups is 1. The van der Waals surface area contributed by atoms with Crippen LogP contribution in [0.15, 0.2) is 18.2 Å². The fourth-order valence-corrected chi connectivity index (χ4v) is 4.82. The lowest BCUT2D eigenvalue weighted by Crippen LogP contribution is -2.45. The highest BCUT2D eigenvalue weighted by Crippen LogP contribution is 2.30. The predicted octanol–water partition coefficient (Wildman–Crippen LogP) is 5.45. The van der Waals surface area contributed by atoms with E-state index in [1.807, 2.05) is 27.0 Å². The number of nitrogens with one attached hydrogen (secondary N) is 1. The average molecular weight is 516 g/mol. The number of hydrogen-bond donors (Lipinski definition) is 1. The van der Waals surface area contributed by atoms with Crippen LogP contribution in [0.5, 0.6) is 0 Å². The van der Waals surface area contributed by atoms with E-state index in [0.717, 1.165) is 6.42 Å². The van der Waals surface area contributed by atoms with Crippen LogP contribution < -0.4 is 5.32 Å². The van der Waals surface area contributed by atoms with Gasteiger partial charge in [0.1, 0.15) is 0 Å². The first-order chi connectivity index (χ1) is 15.6. The molecule has 1 aromatic carbocycles. The summed E-state index contributed by atoms with van der Waals surface area (Å²) in [5.41, 5.74) is 0.216. The van der Waals surface area contributed by atoms with Crippen molar-refractivity contribution in [1.29, 1.82) is 0 Å². The molecule has 0 aliphatic carbocycles. The summed E-state index contributed by atoms with van der Waals surface area (Å²) in [5.74, 6) is -0.549. The lowest BCUT2D eigenvalue weighted by Gasteiger charge is -2.29. The highest BCUT2D eigenvalue weighted by Gasteiger charge is 2.39. The predicted molar refractivity (Wildman–Crippen MR) is 135 cm³/mol. The second-order valence-electron chi connectivity index (χ2n) is 8.86. The summed E-state index contributed by atoms with van der Waals surface area (Å²) < 4.78 is 11.6. The van der Waals surface area contributed by atoms with Crippen LogP contribution in [0.2, 0.25) is 15.9 Å². The topological polar surface area (TPSA) is 81.7 Å². The SMILES string of the molecule is CSC[C@H](NC(=O)c1cc(Cl)ccc1Cl)C(=O)C[C@@H](CC(C)C)B1OC(=O)CCCC(C)O1. The Kier molecular flexibility index (Phi) is 11.6. The van der Waals surface area contributed by atoms with Gasteiger partial charge in [-0.25, -0.2) is 0 Å². The van der Waals surface area contributed by atoms with Crippen molar-refractivity contribution >= 4 is 59.7 Å². The lowest BCUT2D eigenvalue weighted by molar-refractivity contribution is -0.137. The third-order valence-corrected chi connectivity index (χ3v) is 6.66. The molecule has 6 nitrogen and oxygen atoms in total. The fourth-order valence-electron chi connectivity index (χ4n) is 3.84. The molecule has 33 heavy (non-hydrogen) atoms. The molecular weight excluding hydrogens is 484 g/mol. The van der Waals surface area contributed by atoms with Crippen LogP contribution in [-0.4, -0.2) is 48.9 Å².